The fourth-order valence-electron chi connectivity index (χ4n) is 3.40. The van der Waals surface area contributed by atoms with E-state index in [1.165, 1.54) is 29.7 Å². The lowest BCUT2D eigenvalue weighted by atomic mass is 9.90. The lowest BCUT2D eigenvalue weighted by Gasteiger charge is -2.23. The summed E-state index contributed by atoms with van der Waals surface area (Å²) in [6.45, 7) is 3.07. The van der Waals surface area contributed by atoms with Gasteiger partial charge >= 0.3 is 12.1 Å². The second-order valence-electron chi connectivity index (χ2n) is 7.05. The Morgan fingerprint density at radius 1 is 1.13 bits per heavy atom. The van der Waals surface area contributed by atoms with Gasteiger partial charge in [-0.1, -0.05) is 30.3 Å². The van der Waals surface area contributed by atoms with Crippen LogP contribution in [0.2, 0.25) is 0 Å². The van der Waals surface area contributed by atoms with Gasteiger partial charge in [-0.2, -0.15) is 18.3 Å². The molecule has 0 radical (unpaired) electrons. The zero-order valence-electron chi connectivity index (χ0n) is 16.2. The molecule has 0 unspecified atom stereocenters. The molecule has 4 N–H and O–H groups in total. The number of benzene rings is 2. The van der Waals surface area contributed by atoms with Gasteiger partial charge in [-0.05, 0) is 55.1 Å². The first-order valence-corrected chi connectivity index (χ1v) is 9.60. The minimum Gasteiger partial charge on any atom is -0.475 e. The van der Waals surface area contributed by atoms with Crippen LogP contribution in [0.1, 0.15) is 29.9 Å². The second kappa shape index (κ2) is 9.62. The van der Waals surface area contributed by atoms with Crippen molar-refractivity contribution in [2.45, 2.75) is 31.5 Å². The minimum atomic E-state index is -5.08. The topological polar surface area (TPSA) is 90.0 Å². The predicted octanol–water partition coefficient (Wildman–Crippen LogP) is 4.28. The van der Waals surface area contributed by atoms with Crippen LogP contribution in [0, 0.1) is 0 Å². The first-order chi connectivity index (χ1) is 14.3. The molecule has 30 heavy (non-hydrogen) atoms. The van der Waals surface area contributed by atoms with Crippen LogP contribution >= 0.6 is 0 Å². The Hall–Kier alpha value is -3.07. The van der Waals surface area contributed by atoms with Crippen molar-refractivity contribution >= 4 is 22.6 Å². The van der Waals surface area contributed by atoms with E-state index < -0.39 is 12.1 Å². The Bertz CT molecular complexity index is 964. The molecule has 0 saturated carbocycles. The number of anilines is 1. The molecule has 4 rings (SSSR count). The monoisotopic (exact) mass is 420 g/mol. The minimum absolute atomic E-state index is 0.712. The van der Waals surface area contributed by atoms with Crippen LogP contribution in [0.3, 0.4) is 0 Å². The fourth-order valence-corrected chi connectivity index (χ4v) is 3.40. The van der Waals surface area contributed by atoms with Gasteiger partial charge < -0.3 is 15.7 Å². The van der Waals surface area contributed by atoms with Crippen LogP contribution in [0.25, 0.3) is 10.9 Å². The lowest BCUT2D eigenvalue weighted by Crippen LogP contribution is -2.26. The molecular weight excluding hydrogens is 397 g/mol. The van der Waals surface area contributed by atoms with Crippen molar-refractivity contribution in [3.63, 3.8) is 0 Å². The number of aliphatic carboxylic acids is 1. The van der Waals surface area contributed by atoms with E-state index in [4.69, 9.17) is 9.90 Å². The van der Waals surface area contributed by atoms with E-state index >= 15 is 0 Å². The zero-order chi connectivity index (χ0) is 21.6. The van der Waals surface area contributed by atoms with Crippen LogP contribution in [-0.4, -0.2) is 40.5 Å². The molecule has 0 aliphatic carbocycles. The number of carboxylic acid groups (broad SMARTS) is 1. The van der Waals surface area contributed by atoms with E-state index in [-0.39, 0.29) is 0 Å². The van der Waals surface area contributed by atoms with E-state index in [1.54, 1.807) is 0 Å². The summed E-state index contributed by atoms with van der Waals surface area (Å²) < 4.78 is 31.7. The van der Waals surface area contributed by atoms with Crippen molar-refractivity contribution in [1.29, 1.82) is 0 Å². The number of aromatic nitrogens is 2. The number of nitrogens with zero attached hydrogens (tertiary/aromatic N) is 1. The summed E-state index contributed by atoms with van der Waals surface area (Å²) in [6, 6.07) is 15.2. The molecular formula is C21H23F3N4O2. The number of carboxylic acids is 1. The first kappa shape index (κ1) is 21.6. The maximum absolute atomic E-state index is 10.6. The van der Waals surface area contributed by atoms with Gasteiger partial charge in [0.2, 0.25) is 0 Å². The van der Waals surface area contributed by atoms with E-state index in [0.717, 1.165) is 30.5 Å². The van der Waals surface area contributed by atoms with Gasteiger partial charge in [0.1, 0.15) is 0 Å². The molecule has 0 spiro atoms. The van der Waals surface area contributed by atoms with Crippen LogP contribution < -0.4 is 10.6 Å². The summed E-state index contributed by atoms with van der Waals surface area (Å²) in [5.74, 6) is -2.04. The highest BCUT2D eigenvalue weighted by molar-refractivity contribution is 5.81. The maximum Gasteiger partial charge on any atom is 0.490 e. The van der Waals surface area contributed by atoms with Crippen molar-refractivity contribution in [3.8, 4) is 0 Å². The van der Waals surface area contributed by atoms with Crippen LogP contribution in [0.15, 0.2) is 48.7 Å². The summed E-state index contributed by atoms with van der Waals surface area (Å²) in [6.07, 6.45) is -0.726. The van der Waals surface area contributed by atoms with Crippen molar-refractivity contribution in [2.24, 2.45) is 0 Å². The molecule has 2 heterocycles. The molecule has 2 aromatic carbocycles. The summed E-state index contributed by atoms with van der Waals surface area (Å²) in [5.41, 5.74) is 4.99. The van der Waals surface area contributed by atoms with E-state index in [0.29, 0.717) is 5.92 Å². The molecule has 9 heteroatoms. The van der Waals surface area contributed by atoms with Gasteiger partial charge in [-0.3, -0.25) is 5.10 Å². The van der Waals surface area contributed by atoms with Gasteiger partial charge in [0.15, 0.2) is 0 Å². The van der Waals surface area contributed by atoms with E-state index in [9.17, 15) is 13.2 Å². The lowest BCUT2D eigenvalue weighted by molar-refractivity contribution is -0.192. The number of fused-ring (bicyclic) bond motifs is 1. The third-order valence-electron chi connectivity index (χ3n) is 5.01. The highest BCUT2D eigenvalue weighted by atomic mass is 19.4. The second-order valence-corrected chi connectivity index (χ2v) is 7.05. The molecule has 1 aliphatic rings. The number of alkyl halides is 3. The van der Waals surface area contributed by atoms with Gasteiger partial charge in [-0.15, -0.1) is 0 Å². The summed E-state index contributed by atoms with van der Waals surface area (Å²) >= 11 is 0. The zero-order valence-corrected chi connectivity index (χ0v) is 16.2. The van der Waals surface area contributed by atoms with Gasteiger partial charge in [0, 0.05) is 17.6 Å². The number of halogens is 3. The summed E-state index contributed by atoms with van der Waals surface area (Å²) in [7, 11) is 0. The fraction of sp³-hybridized carbons (Fsp3) is 0.333. The average Bonchev–Trinajstić information content (AvgIpc) is 3.22. The Labute approximate surface area is 171 Å². The van der Waals surface area contributed by atoms with Crippen LogP contribution in [-0.2, 0) is 11.3 Å². The molecule has 160 valence electrons. The Balaban J connectivity index is 0.000000318. The number of hydrogen-bond donors (Lipinski definition) is 4. The van der Waals surface area contributed by atoms with Crippen molar-refractivity contribution < 1.29 is 23.1 Å². The number of piperidine rings is 1. The van der Waals surface area contributed by atoms with Gasteiger partial charge in [0.25, 0.3) is 0 Å². The Morgan fingerprint density at radius 2 is 1.80 bits per heavy atom. The normalized spacial score (nSPS) is 14.8. The third kappa shape index (κ3) is 5.73. The molecule has 6 nitrogen and oxygen atoms in total. The van der Waals surface area contributed by atoms with Gasteiger partial charge in [-0.25, -0.2) is 4.79 Å². The number of para-hydroxylation sites is 1. The van der Waals surface area contributed by atoms with Crippen molar-refractivity contribution in [3.05, 3.63) is 59.8 Å². The van der Waals surface area contributed by atoms with Crippen LogP contribution in [0.4, 0.5) is 18.9 Å². The highest BCUT2D eigenvalue weighted by Gasteiger charge is 2.38. The van der Waals surface area contributed by atoms with Crippen molar-refractivity contribution in [2.75, 3.05) is 18.4 Å². The maximum atomic E-state index is 10.6. The standard InChI is InChI=1S/C19H22N4.C2HF3O2/c1-2-16(19-17(3-1)13-22-23-19)12-21-18-6-4-14(5-7-18)15-8-10-20-11-9-15;3-2(4,5)1(6)7/h1-7,13,15,20-21H,8-12H2,(H,22,23);(H,6,7). The SMILES string of the molecule is O=C(O)C(F)(F)F.c1cc(CNc2ccc(C3CCNCC3)cc2)c2[nH]ncc2c1. The highest BCUT2D eigenvalue weighted by Crippen LogP contribution is 2.26. The summed E-state index contributed by atoms with van der Waals surface area (Å²) in [5, 5.41) is 22.4. The number of hydrogen-bond acceptors (Lipinski definition) is 4. The van der Waals surface area contributed by atoms with Gasteiger partial charge in [0.05, 0.1) is 11.7 Å². The smallest absolute Gasteiger partial charge is 0.475 e. The first-order valence-electron chi connectivity index (χ1n) is 9.60. The molecule has 0 atom stereocenters. The Kier molecular flexibility index (Phi) is 6.94. The number of carbonyl (C=O) groups is 1. The molecule has 1 fully saturated rings. The third-order valence-corrected chi connectivity index (χ3v) is 5.01. The predicted molar refractivity (Wildman–Crippen MR) is 108 cm³/mol. The quantitative estimate of drug-likeness (QED) is 0.506. The van der Waals surface area contributed by atoms with E-state index in [2.05, 4.69) is 63.3 Å². The summed E-state index contributed by atoms with van der Waals surface area (Å²) in [4.78, 5) is 8.90. The molecule has 1 aliphatic heterocycles. The molecule has 0 bridgehead atoms. The average molecular weight is 420 g/mol. The largest absolute Gasteiger partial charge is 0.490 e. The van der Waals surface area contributed by atoms with E-state index in [1.807, 2.05) is 6.20 Å². The Morgan fingerprint density at radius 3 is 2.43 bits per heavy atom. The molecule has 3 aromatic rings. The number of aromatic amines is 1. The number of nitrogens with one attached hydrogen (secondary N) is 3. The molecule has 0 amide bonds. The molecule has 1 aromatic heterocycles. The number of H-pyrrole nitrogens is 1. The van der Waals surface area contributed by atoms with Crippen LogP contribution in [0.5, 0.6) is 0 Å². The number of rotatable bonds is 4. The van der Waals surface area contributed by atoms with Crippen molar-refractivity contribution in [1.82, 2.24) is 15.5 Å². The molecule has 1 saturated heterocycles.